The molecule has 1 aliphatic carbocycles. The molecule has 1 N–H and O–H groups in total. The molecule has 4 heteroatoms. The van der Waals surface area contributed by atoms with Gasteiger partial charge in [0.25, 0.3) is 0 Å². The van der Waals surface area contributed by atoms with Crippen LogP contribution in [0, 0.1) is 0 Å². The number of amides is 1. The lowest BCUT2D eigenvalue weighted by molar-refractivity contribution is -0.129. The highest BCUT2D eigenvalue weighted by Crippen LogP contribution is 2.27. The Labute approximate surface area is 98.0 Å². The summed E-state index contributed by atoms with van der Waals surface area (Å²) in [6.07, 6.45) is 3.54. The number of rotatable bonds is 5. The van der Waals surface area contributed by atoms with E-state index < -0.39 is 0 Å². The van der Waals surface area contributed by atoms with Crippen LogP contribution in [0.3, 0.4) is 0 Å². The number of likely N-dealkylation sites (N-methyl/N-ethyl adjacent to an activating group) is 1. The molecule has 1 amide bonds. The van der Waals surface area contributed by atoms with Crippen molar-refractivity contribution in [2.45, 2.75) is 51.2 Å². The summed E-state index contributed by atoms with van der Waals surface area (Å²) >= 11 is 0. The molecule has 1 saturated heterocycles. The first kappa shape index (κ1) is 11.9. The van der Waals surface area contributed by atoms with Gasteiger partial charge in [-0.3, -0.25) is 15.0 Å². The molecule has 16 heavy (non-hydrogen) atoms. The second-order valence-electron chi connectivity index (χ2n) is 5.13. The number of hydrogen-bond donors (Lipinski definition) is 1. The van der Waals surface area contributed by atoms with Crippen molar-refractivity contribution < 1.29 is 4.79 Å². The third kappa shape index (κ3) is 2.38. The van der Waals surface area contributed by atoms with Crippen molar-refractivity contribution in [1.29, 1.82) is 0 Å². The van der Waals surface area contributed by atoms with Gasteiger partial charge in [-0.15, -0.1) is 0 Å². The van der Waals surface area contributed by atoms with Gasteiger partial charge in [0.2, 0.25) is 5.91 Å². The van der Waals surface area contributed by atoms with E-state index >= 15 is 0 Å². The third-order valence-electron chi connectivity index (χ3n) is 3.85. The highest BCUT2D eigenvalue weighted by molar-refractivity contribution is 5.83. The summed E-state index contributed by atoms with van der Waals surface area (Å²) in [6.45, 7) is 5.85. The van der Waals surface area contributed by atoms with E-state index in [4.69, 9.17) is 0 Å². The Morgan fingerprint density at radius 1 is 1.56 bits per heavy atom. The summed E-state index contributed by atoms with van der Waals surface area (Å²) < 4.78 is 0. The van der Waals surface area contributed by atoms with Gasteiger partial charge in [-0.1, -0.05) is 6.92 Å². The molecule has 92 valence electrons. The van der Waals surface area contributed by atoms with Crippen molar-refractivity contribution in [2.24, 2.45) is 0 Å². The second-order valence-corrected chi connectivity index (χ2v) is 5.13. The topological polar surface area (TPSA) is 35.6 Å². The van der Waals surface area contributed by atoms with E-state index in [9.17, 15) is 4.79 Å². The van der Waals surface area contributed by atoms with Crippen LogP contribution in [0.4, 0.5) is 0 Å². The zero-order chi connectivity index (χ0) is 11.7. The van der Waals surface area contributed by atoms with E-state index in [1.807, 2.05) is 4.90 Å². The van der Waals surface area contributed by atoms with Gasteiger partial charge < -0.3 is 4.90 Å². The maximum atomic E-state index is 11.9. The fourth-order valence-corrected chi connectivity index (χ4v) is 2.37. The van der Waals surface area contributed by atoms with Gasteiger partial charge in [-0.05, 0) is 33.2 Å². The van der Waals surface area contributed by atoms with Crippen molar-refractivity contribution >= 4 is 5.91 Å². The molecule has 4 nitrogen and oxygen atoms in total. The van der Waals surface area contributed by atoms with Crippen LogP contribution in [0.2, 0.25) is 0 Å². The second kappa shape index (κ2) is 4.72. The molecule has 0 aromatic carbocycles. The molecular formula is C12H23N3O. The van der Waals surface area contributed by atoms with Gasteiger partial charge in [0, 0.05) is 18.6 Å². The normalized spacial score (nSPS) is 27.9. The third-order valence-corrected chi connectivity index (χ3v) is 3.85. The molecule has 0 bridgehead atoms. The van der Waals surface area contributed by atoms with Gasteiger partial charge in [-0.25, -0.2) is 0 Å². The van der Waals surface area contributed by atoms with Gasteiger partial charge in [0.05, 0.1) is 12.7 Å². The van der Waals surface area contributed by atoms with Crippen molar-refractivity contribution in [3.05, 3.63) is 0 Å². The molecule has 2 atom stereocenters. The van der Waals surface area contributed by atoms with Crippen LogP contribution in [0.1, 0.15) is 33.1 Å². The standard InChI is InChI=1S/C12H23N3O/c1-4-11-12(16)15(8-13-11)7-9(2)14(3)10-5-6-10/h9-11,13H,4-8H2,1-3H3. The lowest BCUT2D eigenvalue weighted by Gasteiger charge is -2.28. The maximum absolute atomic E-state index is 11.9. The van der Waals surface area contributed by atoms with Crippen LogP contribution in [-0.4, -0.2) is 54.1 Å². The van der Waals surface area contributed by atoms with Crippen LogP contribution in [0.5, 0.6) is 0 Å². The maximum Gasteiger partial charge on any atom is 0.240 e. The first-order valence-electron chi connectivity index (χ1n) is 6.37. The highest BCUT2D eigenvalue weighted by atomic mass is 16.2. The zero-order valence-corrected chi connectivity index (χ0v) is 10.6. The Bertz CT molecular complexity index is 265. The predicted octanol–water partition coefficient (Wildman–Crippen LogP) is 0.637. The molecular weight excluding hydrogens is 202 g/mol. The van der Waals surface area contributed by atoms with Crippen molar-refractivity contribution in [1.82, 2.24) is 15.1 Å². The largest absolute Gasteiger partial charge is 0.327 e. The monoisotopic (exact) mass is 225 g/mol. The Hall–Kier alpha value is -0.610. The number of nitrogens with one attached hydrogen (secondary N) is 1. The van der Waals surface area contributed by atoms with Crippen LogP contribution in [-0.2, 0) is 4.79 Å². The SMILES string of the molecule is CCC1NCN(CC(C)N(C)C2CC2)C1=O. The molecule has 2 fully saturated rings. The van der Waals surface area contributed by atoms with Crippen molar-refractivity contribution in [3.8, 4) is 0 Å². The average Bonchev–Trinajstić information content (AvgIpc) is 3.05. The lowest BCUT2D eigenvalue weighted by Crippen LogP contribution is -2.42. The van der Waals surface area contributed by atoms with E-state index in [2.05, 4.69) is 31.1 Å². The molecule has 1 aliphatic heterocycles. The van der Waals surface area contributed by atoms with Gasteiger partial charge in [0.1, 0.15) is 0 Å². The molecule has 2 rings (SSSR count). The fraction of sp³-hybridized carbons (Fsp3) is 0.917. The van der Waals surface area contributed by atoms with E-state index in [1.165, 1.54) is 12.8 Å². The quantitative estimate of drug-likeness (QED) is 0.746. The lowest BCUT2D eigenvalue weighted by atomic mass is 10.2. The Kier molecular flexibility index (Phi) is 3.50. The van der Waals surface area contributed by atoms with E-state index in [1.54, 1.807) is 0 Å². The Morgan fingerprint density at radius 3 is 2.75 bits per heavy atom. The van der Waals surface area contributed by atoms with Crippen LogP contribution in [0.25, 0.3) is 0 Å². The van der Waals surface area contributed by atoms with Crippen LogP contribution in [0.15, 0.2) is 0 Å². The molecule has 0 radical (unpaired) electrons. The number of carbonyl (C=O) groups excluding carboxylic acids is 1. The summed E-state index contributed by atoms with van der Waals surface area (Å²) in [6, 6.07) is 1.29. The molecule has 2 aliphatic rings. The summed E-state index contributed by atoms with van der Waals surface area (Å²) in [5, 5.41) is 3.25. The number of hydrogen-bond acceptors (Lipinski definition) is 3. The van der Waals surface area contributed by atoms with Gasteiger partial charge in [-0.2, -0.15) is 0 Å². The average molecular weight is 225 g/mol. The predicted molar refractivity (Wildman–Crippen MR) is 64.0 cm³/mol. The van der Waals surface area contributed by atoms with E-state index in [-0.39, 0.29) is 11.9 Å². The minimum absolute atomic E-state index is 0.0541. The fourth-order valence-electron chi connectivity index (χ4n) is 2.37. The first-order valence-corrected chi connectivity index (χ1v) is 6.37. The molecule has 0 spiro atoms. The van der Waals surface area contributed by atoms with E-state index in [0.717, 1.165) is 25.7 Å². The number of carbonyl (C=O) groups is 1. The Morgan fingerprint density at radius 2 is 2.25 bits per heavy atom. The van der Waals surface area contributed by atoms with E-state index in [0.29, 0.717) is 6.04 Å². The first-order chi connectivity index (χ1) is 7.63. The summed E-state index contributed by atoms with van der Waals surface area (Å²) in [7, 11) is 2.17. The van der Waals surface area contributed by atoms with Crippen LogP contribution < -0.4 is 5.32 Å². The molecule has 1 saturated carbocycles. The smallest absolute Gasteiger partial charge is 0.240 e. The van der Waals surface area contributed by atoms with Crippen molar-refractivity contribution in [3.63, 3.8) is 0 Å². The molecule has 1 heterocycles. The minimum Gasteiger partial charge on any atom is -0.327 e. The van der Waals surface area contributed by atoms with Crippen molar-refractivity contribution in [2.75, 3.05) is 20.3 Å². The minimum atomic E-state index is 0.0541. The molecule has 0 aromatic heterocycles. The zero-order valence-electron chi connectivity index (χ0n) is 10.6. The summed E-state index contributed by atoms with van der Waals surface area (Å²) in [5.74, 6) is 0.276. The number of nitrogens with zero attached hydrogens (tertiary/aromatic N) is 2. The highest BCUT2D eigenvalue weighted by Gasteiger charge is 2.34. The molecule has 2 unspecified atom stereocenters. The molecule has 0 aromatic rings. The summed E-state index contributed by atoms with van der Waals surface area (Å²) in [5.41, 5.74) is 0. The van der Waals surface area contributed by atoms with Gasteiger partial charge in [0.15, 0.2) is 0 Å². The Balaban J connectivity index is 1.82. The summed E-state index contributed by atoms with van der Waals surface area (Å²) in [4.78, 5) is 16.3. The van der Waals surface area contributed by atoms with Crippen LogP contribution >= 0.6 is 0 Å². The van der Waals surface area contributed by atoms with Gasteiger partial charge >= 0.3 is 0 Å².